The molecular weight excluding hydrogens is 380 g/mol. The largest absolute Gasteiger partial charge is 0.359 e. The van der Waals surface area contributed by atoms with Gasteiger partial charge < -0.3 is 10.2 Å². The van der Waals surface area contributed by atoms with Crippen molar-refractivity contribution in [3.8, 4) is 0 Å². The first-order chi connectivity index (χ1) is 14.4. The second-order valence-corrected chi connectivity index (χ2v) is 7.09. The van der Waals surface area contributed by atoms with Crippen molar-refractivity contribution in [3.05, 3.63) is 70.1 Å². The van der Waals surface area contributed by atoms with Crippen LogP contribution in [-0.4, -0.2) is 35.0 Å². The molecule has 1 aromatic heterocycles. The van der Waals surface area contributed by atoms with Gasteiger partial charge >= 0.3 is 0 Å². The van der Waals surface area contributed by atoms with Gasteiger partial charge in [0.25, 0.3) is 5.56 Å². The van der Waals surface area contributed by atoms with E-state index in [1.807, 2.05) is 50.2 Å². The number of carbonyl (C=O) groups is 2. The third-order valence-electron chi connectivity index (χ3n) is 5.01. The first-order valence-electron chi connectivity index (χ1n) is 10.0. The van der Waals surface area contributed by atoms with Gasteiger partial charge in [-0.2, -0.15) is 0 Å². The average molecular weight is 406 g/mol. The van der Waals surface area contributed by atoms with Gasteiger partial charge in [0.15, 0.2) is 0 Å². The Hall–Kier alpha value is -3.48. The van der Waals surface area contributed by atoms with Gasteiger partial charge in [-0.15, -0.1) is 0 Å². The maximum absolute atomic E-state index is 13.2. The van der Waals surface area contributed by atoms with E-state index in [2.05, 4.69) is 10.3 Å². The molecule has 2 amide bonds. The predicted molar refractivity (Wildman–Crippen MR) is 118 cm³/mol. The number of carbonyl (C=O) groups excluding carboxylic acids is 2. The predicted octanol–water partition coefficient (Wildman–Crippen LogP) is 2.44. The monoisotopic (exact) mass is 406 g/mol. The number of amides is 2. The standard InChI is InChI=1S/C23H26N4O3/c1-4-26(17-9-7-8-16(2)14-17)22(29)15-27-20-11-6-5-10-18(20)25-19(23(27)30)12-13-21(28)24-3/h5-11,14H,4,12-13,15H2,1-3H3,(H,24,28). The van der Waals surface area contributed by atoms with Gasteiger partial charge in [-0.05, 0) is 43.7 Å². The van der Waals surface area contributed by atoms with Crippen molar-refractivity contribution in [2.75, 3.05) is 18.5 Å². The van der Waals surface area contributed by atoms with Gasteiger partial charge in [-0.3, -0.25) is 19.0 Å². The Bertz CT molecular complexity index is 1140. The molecule has 0 bridgehead atoms. The van der Waals surface area contributed by atoms with E-state index >= 15 is 0 Å². The van der Waals surface area contributed by atoms with E-state index < -0.39 is 0 Å². The van der Waals surface area contributed by atoms with E-state index in [9.17, 15) is 14.4 Å². The lowest BCUT2D eigenvalue weighted by Crippen LogP contribution is -2.38. The molecule has 0 saturated carbocycles. The molecule has 0 fully saturated rings. The van der Waals surface area contributed by atoms with Crippen LogP contribution >= 0.6 is 0 Å². The van der Waals surface area contributed by atoms with E-state index in [1.165, 1.54) is 4.57 Å². The van der Waals surface area contributed by atoms with Gasteiger partial charge in [-0.1, -0.05) is 24.3 Å². The summed E-state index contributed by atoms with van der Waals surface area (Å²) in [4.78, 5) is 44.0. The molecule has 0 aliphatic rings. The van der Waals surface area contributed by atoms with Crippen LogP contribution in [0.3, 0.4) is 0 Å². The Kier molecular flexibility index (Phi) is 6.61. The van der Waals surface area contributed by atoms with Crippen molar-refractivity contribution >= 4 is 28.5 Å². The van der Waals surface area contributed by atoms with Gasteiger partial charge in [0.2, 0.25) is 11.8 Å². The minimum atomic E-state index is -0.341. The summed E-state index contributed by atoms with van der Waals surface area (Å²) in [5.74, 6) is -0.345. The maximum atomic E-state index is 13.2. The summed E-state index contributed by atoms with van der Waals surface area (Å²) in [6.07, 6.45) is 0.377. The fourth-order valence-electron chi connectivity index (χ4n) is 3.44. The van der Waals surface area contributed by atoms with Crippen LogP contribution in [0.4, 0.5) is 5.69 Å². The van der Waals surface area contributed by atoms with Crippen LogP contribution in [0.2, 0.25) is 0 Å². The minimum Gasteiger partial charge on any atom is -0.359 e. The summed E-state index contributed by atoms with van der Waals surface area (Å²) < 4.78 is 1.46. The van der Waals surface area contributed by atoms with Crippen molar-refractivity contribution < 1.29 is 9.59 Å². The van der Waals surface area contributed by atoms with Crippen molar-refractivity contribution in [1.29, 1.82) is 0 Å². The molecule has 3 aromatic rings. The molecule has 1 heterocycles. The topological polar surface area (TPSA) is 84.3 Å². The Morgan fingerprint density at radius 3 is 2.60 bits per heavy atom. The van der Waals surface area contributed by atoms with Crippen LogP contribution in [0, 0.1) is 6.92 Å². The van der Waals surface area contributed by atoms with Gasteiger partial charge in [0.1, 0.15) is 12.2 Å². The highest BCUT2D eigenvalue weighted by Crippen LogP contribution is 2.17. The van der Waals surface area contributed by atoms with Crippen LogP contribution < -0.4 is 15.8 Å². The van der Waals surface area contributed by atoms with E-state index in [0.717, 1.165) is 11.3 Å². The van der Waals surface area contributed by atoms with Crippen LogP contribution in [0.1, 0.15) is 24.6 Å². The second-order valence-electron chi connectivity index (χ2n) is 7.09. The lowest BCUT2D eigenvalue weighted by Gasteiger charge is -2.22. The molecule has 0 unspecified atom stereocenters. The van der Waals surface area contributed by atoms with Gasteiger partial charge in [-0.25, -0.2) is 4.98 Å². The quantitative estimate of drug-likeness (QED) is 0.653. The summed E-state index contributed by atoms with van der Waals surface area (Å²) in [5.41, 5.74) is 3.01. The maximum Gasteiger partial charge on any atom is 0.273 e. The van der Waals surface area contributed by atoms with Crippen molar-refractivity contribution in [1.82, 2.24) is 14.9 Å². The van der Waals surface area contributed by atoms with Crippen molar-refractivity contribution in [3.63, 3.8) is 0 Å². The summed E-state index contributed by atoms with van der Waals surface area (Å²) in [7, 11) is 1.55. The highest BCUT2D eigenvalue weighted by atomic mass is 16.2. The number of hydrogen-bond acceptors (Lipinski definition) is 4. The summed E-state index contributed by atoms with van der Waals surface area (Å²) in [6.45, 7) is 4.27. The molecular formula is C23H26N4O3. The Morgan fingerprint density at radius 2 is 1.90 bits per heavy atom. The van der Waals surface area contributed by atoms with Crippen molar-refractivity contribution in [2.24, 2.45) is 0 Å². The lowest BCUT2D eigenvalue weighted by atomic mass is 10.2. The van der Waals surface area contributed by atoms with Crippen LogP contribution in [0.25, 0.3) is 11.0 Å². The molecule has 0 saturated heterocycles. The molecule has 0 aliphatic heterocycles. The number of hydrogen-bond donors (Lipinski definition) is 1. The fourth-order valence-corrected chi connectivity index (χ4v) is 3.44. The molecule has 7 nitrogen and oxygen atoms in total. The van der Waals surface area contributed by atoms with Crippen LogP contribution in [0.15, 0.2) is 53.3 Å². The highest BCUT2D eigenvalue weighted by Gasteiger charge is 2.19. The normalized spacial score (nSPS) is 10.8. The number of anilines is 1. The molecule has 0 radical (unpaired) electrons. The third kappa shape index (κ3) is 4.56. The molecule has 2 aromatic carbocycles. The van der Waals surface area contributed by atoms with Gasteiger partial charge in [0.05, 0.1) is 11.0 Å². The number of aryl methyl sites for hydroxylation is 2. The average Bonchev–Trinajstić information content (AvgIpc) is 2.74. The molecule has 0 spiro atoms. The van der Waals surface area contributed by atoms with Crippen LogP contribution in [0.5, 0.6) is 0 Å². The molecule has 3 rings (SSSR count). The molecule has 0 aliphatic carbocycles. The van der Waals surface area contributed by atoms with Crippen molar-refractivity contribution in [2.45, 2.75) is 33.2 Å². The van der Waals surface area contributed by atoms with E-state index in [1.54, 1.807) is 24.1 Å². The highest BCUT2D eigenvalue weighted by molar-refractivity contribution is 5.94. The number of likely N-dealkylation sites (N-methyl/N-ethyl adjacent to an activating group) is 1. The zero-order valence-electron chi connectivity index (χ0n) is 17.5. The summed E-state index contributed by atoms with van der Waals surface area (Å²) in [5, 5.41) is 2.55. The molecule has 1 N–H and O–H groups in total. The number of nitrogens with one attached hydrogen (secondary N) is 1. The number of nitrogens with zero attached hydrogens (tertiary/aromatic N) is 3. The first kappa shape index (κ1) is 21.2. The van der Waals surface area contributed by atoms with Crippen LogP contribution in [-0.2, 0) is 22.6 Å². The number of rotatable bonds is 7. The summed E-state index contributed by atoms with van der Waals surface area (Å²) in [6, 6.07) is 14.9. The first-order valence-corrected chi connectivity index (χ1v) is 10.0. The number of fused-ring (bicyclic) bond motifs is 1. The molecule has 30 heavy (non-hydrogen) atoms. The third-order valence-corrected chi connectivity index (χ3v) is 5.01. The molecule has 7 heteroatoms. The second kappa shape index (κ2) is 9.35. The van der Waals surface area contributed by atoms with E-state index in [-0.39, 0.29) is 42.5 Å². The Morgan fingerprint density at radius 1 is 1.13 bits per heavy atom. The Labute approximate surface area is 175 Å². The number of para-hydroxylation sites is 2. The SMILES string of the molecule is CCN(C(=O)Cn1c(=O)c(CCC(=O)NC)nc2ccccc21)c1cccc(C)c1. The number of aromatic nitrogens is 2. The smallest absolute Gasteiger partial charge is 0.273 e. The van der Waals surface area contributed by atoms with E-state index in [0.29, 0.717) is 17.6 Å². The number of benzene rings is 2. The zero-order valence-corrected chi connectivity index (χ0v) is 17.5. The van der Waals surface area contributed by atoms with E-state index in [4.69, 9.17) is 0 Å². The zero-order chi connectivity index (χ0) is 21.7. The Balaban J connectivity index is 1.99. The molecule has 0 atom stereocenters. The fraction of sp³-hybridized carbons (Fsp3) is 0.304. The van der Waals surface area contributed by atoms with Gasteiger partial charge in [0, 0.05) is 32.1 Å². The summed E-state index contributed by atoms with van der Waals surface area (Å²) >= 11 is 0. The lowest BCUT2D eigenvalue weighted by molar-refractivity contribution is -0.121. The minimum absolute atomic E-state index is 0.101. The molecule has 156 valence electrons.